The first-order chi connectivity index (χ1) is 12.3. The molecule has 0 spiro atoms. The number of halogens is 1. The highest BCUT2D eigenvalue weighted by Gasteiger charge is 2.31. The fourth-order valence-electron chi connectivity index (χ4n) is 2.79. The minimum atomic E-state index is -3.48. The van der Waals surface area contributed by atoms with E-state index in [2.05, 4.69) is 15.9 Å². The van der Waals surface area contributed by atoms with Gasteiger partial charge in [-0.1, -0.05) is 0 Å². The molecular formula is C17H19BrN2O4S2. The number of carbonyl (C=O) groups is 1. The molecule has 9 heteroatoms. The van der Waals surface area contributed by atoms with E-state index in [1.165, 1.54) is 15.6 Å². The van der Waals surface area contributed by atoms with E-state index in [1.807, 2.05) is 6.92 Å². The molecular weight excluding hydrogens is 440 g/mol. The van der Waals surface area contributed by atoms with Crippen LogP contribution >= 0.6 is 27.3 Å². The van der Waals surface area contributed by atoms with Crippen molar-refractivity contribution >= 4 is 43.2 Å². The minimum Gasteiger partial charge on any atom is -0.496 e. The smallest absolute Gasteiger partial charge is 0.253 e. The number of amides is 1. The zero-order valence-corrected chi connectivity index (χ0v) is 17.7. The highest BCUT2D eigenvalue weighted by atomic mass is 79.9. The number of rotatable bonds is 4. The Morgan fingerprint density at radius 2 is 1.85 bits per heavy atom. The van der Waals surface area contributed by atoms with Crippen molar-refractivity contribution in [1.82, 2.24) is 9.21 Å². The number of hydrogen-bond donors (Lipinski definition) is 0. The maximum Gasteiger partial charge on any atom is 0.253 e. The summed E-state index contributed by atoms with van der Waals surface area (Å²) in [6, 6.07) is 8.61. The van der Waals surface area contributed by atoms with Gasteiger partial charge >= 0.3 is 0 Å². The number of benzene rings is 1. The third-order valence-electron chi connectivity index (χ3n) is 4.23. The average molecular weight is 459 g/mol. The van der Waals surface area contributed by atoms with E-state index in [0.717, 1.165) is 4.88 Å². The topological polar surface area (TPSA) is 66.9 Å². The Morgan fingerprint density at radius 3 is 2.38 bits per heavy atom. The highest BCUT2D eigenvalue weighted by molar-refractivity contribution is 9.10. The van der Waals surface area contributed by atoms with Crippen LogP contribution < -0.4 is 4.74 Å². The van der Waals surface area contributed by atoms with Gasteiger partial charge in [-0.3, -0.25) is 4.79 Å². The van der Waals surface area contributed by atoms with Gasteiger partial charge in [-0.25, -0.2) is 8.42 Å². The number of thiophene rings is 1. The summed E-state index contributed by atoms with van der Waals surface area (Å²) < 4.78 is 33.0. The largest absolute Gasteiger partial charge is 0.496 e. The molecule has 1 saturated heterocycles. The van der Waals surface area contributed by atoms with Gasteiger partial charge in [0.1, 0.15) is 9.96 Å². The van der Waals surface area contributed by atoms with Gasteiger partial charge in [0, 0.05) is 36.6 Å². The molecule has 0 aliphatic carbocycles. The molecule has 1 amide bonds. The van der Waals surface area contributed by atoms with Gasteiger partial charge in [-0.05, 0) is 53.2 Å². The Labute approximate surface area is 165 Å². The molecule has 6 nitrogen and oxygen atoms in total. The lowest BCUT2D eigenvalue weighted by atomic mass is 10.2. The van der Waals surface area contributed by atoms with E-state index in [-0.39, 0.29) is 5.91 Å². The van der Waals surface area contributed by atoms with E-state index < -0.39 is 10.0 Å². The average Bonchev–Trinajstić information content (AvgIpc) is 3.08. The molecule has 1 aliphatic heterocycles. The number of carbonyl (C=O) groups excluding carboxylic acids is 1. The first kappa shape index (κ1) is 19.3. The van der Waals surface area contributed by atoms with Crippen LogP contribution in [0.25, 0.3) is 0 Å². The zero-order chi connectivity index (χ0) is 18.9. The first-order valence-electron chi connectivity index (χ1n) is 8.02. The summed E-state index contributed by atoms with van der Waals surface area (Å²) in [5, 5.41) is 0. The summed E-state index contributed by atoms with van der Waals surface area (Å²) >= 11 is 4.65. The third-order valence-corrected chi connectivity index (χ3v) is 8.22. The second-order valence-corrected chi connectivity index (χ2v) is 10.2. The molecule has 1 fully saturated rings. The molecule has 0 bridgehead atoms. The lowest BCUT2D eigenvalue weighted by molar-refractivity contribution is 0.0698. The molecule has 3 rings (SSSR count). The Kier molecular flexibility index (Phi) is 5.71. The van der Waals surface area contributed by atoms with Crippen LogP contribution in [-0.4, -0.2) is 56.8 Å². The number of hydrogen-bond acceptors (Lipinski definition) is 5. The summed E-state index contributed by atoms with van der Waals surface area (Å²) in [6.45, 7) is 3.20. The first-order valence-corrected chi connectivity index (χ1v) is 11.1. The van der Waals surface area contributed by atoms with E-state index in [0.29, 0.717) is 46.2 Å². The van der Waals surface area contributed by atoms with Crippen molar-refractivity contribution in [2.45, 2.75) is 11.1 Å². The predicted molar refractivity (Wildman–Crippen MR) is 104 cm³/mol. The van der Waals surface area contributed by atoms with Crippen LogP contribution in [0.3, 0.4) is 0 Å². The van der Waals surface area contributed by atoms with Crippen molar-refractivity contribution in [2.24, 2.45) is 0 Å². The lowest BCUT2D eigenvalue weighted by Gasteiger charge is -2.33. The predicted octanol–water partition coefficient (Wildman–Crippen LogP) is 2.97. The van der Waals surface area contributed by atoms with Crippen LogP contribution in [0.2, 0.25) is 0 Å². The van der Waals surface area contributed by atoms with Crippen molar-refractivity contribution < 1.29 is 17.9 Å². The zero-order valence-electron chi connectivity index (χ0n) is 14.4. The SMILES string of the molecule is COc1ccc(C(=O)N2CCN(S(=O)(=O)c3ccc(C)s3)CC2)cc1Br. The number of methoxy groups -OCH3 is 1. The van der Waals surface area contributed by atoms with Crippen molar-refractivity contribution in [3.8, 4) is 5.75 Å². The van der Waals surface area contributed by atoms with Crippen molar-refractivity contribution in [1.29, 1.82) is 0 Å². The van der Waals surface area contributed by atoms with Crippen LogP contribution in [-0.2, 0) is 10.0 Å². The van der Waals surface area contributed by atoms with E-state index in [4.69, 9.17) is 4.74 Å². The number of piperazine rings is 1. The third kappa shape index (κ3) is 3.80. The van der Waals surface area contributed by atoms with Gasteiger partial charge in [0.2, 0.25) is 0 Å². The Bertz CT molecular complexity index is 919. The molecule has 0 atom stereocenters. The molecule has 0 radical (unpaired) electrons. The van der Waals surface area contributed by atoms with Gasteiger partial charge < -0.3 is 9.64 Å². The van der Waals surface area contributed by atoms with Crippen molar-refractivity contribution in [2.75, 3.05) is 33.3 Å². The summed E-state index contributed by atoms with van der Waals surface area (Å²) in [5.74, 6) is 0.543. The standard InChI is InChI=1S/C17H19BrN2O4S2/c1-12-3-6-16(25-12)26(22,23)20-9-7-19(8-10-20)17(21)13-4-5-15(24-2)14(18)11-13/h3-6,11H,7-10H2,1-2H3. The number of sulfonamides is 1. The monoisotopic (exact) mass is 458 g/mol. The molecule has 2 heterocycles. The highest BCUT2D eigenvalue weighted by Crippen LogP contribution is 2.27. The molecule has 1 aromatic heterocycles. The van der Waals surface area contributed by atoms with Gasteiger partial charge in [0.25, 0.3) is 15.9 Å². The number of ether oxygens (including phenoxy) is 1. The normalized spacial score (nSPS) is 15.9. The van der Waals surface area contributed by atoms with E-state index in [1.54, 1.807) is 42.3 Å². The van der Waals surface area contributed by atoms with Crippen LogP contribution in [0.1, 0.15) is 15.2 Å². The van der Waals surface area contributed by atoms with Crippen molar-refractivity contribution in [3.05, 3.63) is 45.2 Å². The molecule has 1 aromatic carbocycles. The van der Waals surface area contributed by atoms with Crippen LogP contribution in [0.15, 0.2) is 39.0 Å². The lowest BCUT2D eigenvalue weighted by Crippen LogP contribution is -2.50. The molecule has 1 aliphatic rings. The second kappa shape index (κ2) is 7.67. The van der Waals surface area contributed by atoms with Crippen LogP contribution in [0.5, 0.6) is 5.75 Å². The quantitative estimate of drug-likeness (QED) is 0.705. The number of aryl methyl sites for hydroxylation is 1. The molecule has 0 N–H and O–H groups in total. The van der Waals surface area contributed by atoms with Gasteiger partial charge in [0.15, 0.2) is 0 Å². The maximum atomic E-state index is 12.7. The van der Waals surface area contributed by atoms with E-state index >= 15 is 0 Å². The molecule has 140 valence electrons. The van der Waals surface area contributed by atoms with Crippen LogP contribution in [0, 0.1) is 6.92 Å². The van der Waals surface area contributed by atoms with Gasteiger partial charge in [-0.15, -0.1) is 11.3 Å². The Morgan fingerprint density at radius 1 is 1.15 bits per heavy atom. The summed E-state index contributed by atoms with van der Waals surface area (Å²) in [4.78, 5) is 15.3. The minimum absolute atomic E-state index is 0.114. The summed E-state index contributed by atoms with van der Waals surface area (Å²) in [7, 11) is -1.92. The molecule has 26 heavy (non-hydrogen) atoms. The van der Waals surface area contributed by atoms with Gasteiger partial charge in [0.05, 0.1) is 11.6 Å². The van der Waals surface area contributed by atoms with Crippen LogP contribution in [0.4, 0.5) is 0 Å². The summed E-state index contributed by atoms with van der Waals surface area (Å²) in [6.07, 6.45) is 0. The molecule has 2 aromatic rings. The van der Waals surface area contributed by atoms with Gasteiger partial charge in [-0.2, -0.15) is 4.31 Å². The molecule has 0 saturated carbocycles. The maximum absolute atomic E-state index is 12.7. The van der Waals surface area contributed by atoms with E-state index in [9.17, 15) is 13.2 Å². The number of nitrogens with zero attached hydrogens (tertiary/aromatic N) is 2. The summed E-state index contributed by atoms with van der Waals surface area (Å²) in [5.41, 5.74) is 0.544. The Balaban J connectivity index is 1.68. The Hall–Kier alpha value is -1.42. The molecule has 0 unspecified atom stereocenters. The second-order valence-electron chi connectivity index (χ2n) is 5.91. The van der Waals surface area contributed by atoms with Crippen molar-refractivity contribution in [3.63, 3.8) is 0 Å². The fraction of sp³-hybridized carbons (Fsp3) is 0.353. The fourth-order valence-corrected chi connectivity index (χ4v) is 6.19.